The molecule has 0 radical (unpaired) electrons. The molecule has 3 N–H and O–H groups in total. The van der Waals surface area contributed by atoms with Crippen LogP contribution in [0.4, 0.5) is 11.4 Å². The van der Waals surface area contributed by atoms with Gasteiger partial charge in [-0.1, -0.05) is 0 Å². The van der Waals surface area contributed by atoms with Gasteiger partial charge in [-0.15, -0.1) is 0 Å². The summed E-state index contributed by atoms with van der Waals surface area (Å²) in [5.74, 6) is -0.608. The van der Waals surface area contributed by atoms with Crippen LogP contribution in [0.5, 0.6) is 0 Å². The molecule has 8 nitrogen and oxygen atoms in total. The number of nitrogens with zero attached hydrogens (tertiary/aromatic N) is 3. The van der Waals surface area contributed by atoms with Gasteiger partial charge in [0.25, 0.3) is 5.69 Å². The molecular weight excluding hydrogens is 264 g/mol. The van der Waals surface area contributed by atoms with E-state index in [2.05, 4.69) is 0 Å². The molecule has 1 aromatic carbocycles. The Morgan fingerprint density at radius 2 is 2.30 bits per heavy atom. The molecule has 1 aliphatic rings. The number of nitriles is 1. The molecule has 0 unspecified atom stereocenters. The highest BCUT2D eigenvalue weighted by Gasteiger charge is 2.36. The topological polar surface area (TPSA) is 133 Å². The summed E-state index contributed by atoms with van der Waals surface area (Å²) in [6, 6.07) is 4.92. The maximum absolute atomic E-state index is 11.4. The Labute approximate surface area is 114 Å². The number of carbonyl (C=O) groups is 1. The molecule has 2 atom stereocenters. The molecule has 2 rings (SSSR count). The number of nitro groups is 1. The fraction of sp³-hybridized carbons (Fsp3) is 0.333. The number of carbonyl (C=O) groups excluding carboxylic acids is 1. The number of primary amides is 1. The number of rotatable bonds is 3. The van der Waals surface area contributed by atoms with Crippen molar-refractivity contribution < 1.29 is 14.8 Å². The first-order valence-corrected chi connectivity index (χ1v) is 5.86. The minimum atomic E-state index is -0.728. The van der Waals surface area contributed by atoms with E-state index in [0.29, 0.717) is 5.69 Å². The molecule has 1 heterocycles. The predicted octanol–water partition coefficient (Wildman–Crippen LogP) is -0.109. The van der Waals surface area contributed by atoms with Crippen molar-refractivity contribution in [1.29, 1.82) is 5.26 Å². The number of benzene rings is 1. The third kappa shape index (κ3) is 2.39. The number of nitro benzene ring substituents is 1. The SMILES string of the molecule is N#Cc1cc([N+](=O)[O-])ccc1N1C[C@@H](O)C[C@@H]1C(N)=O. The van der Waals surface area contributed by atoms with Gasteiger partial charge in [-0.3, -0.25) is 14.9 Å². The summed E-state index contributed by atoms with van der Waals surface area (Å²) < 4.78 is 0. The Morgan fingerprint density at radius 1 is 1.60 bits per heavy atom. The van der Waals surface area contributed by atoms with Crippen molar-refractivity contribution >= 4 is 17.3 Å². The summed E-state index contributed by atoms with van der Waals surface area (Å²) in [6.07, 6.45) is -0.550. The van der Waals surface area contributed by atoms with Crippen LogP contribution in [-0.2, 0) is 4.79 Å². The normalized spacial score (nSPS) is 21.5. The van der Waals surface area contributed by atoms with Crippen LogP contribution in [-0.4, -0.2) is 34.6 Å². The monoisotopic (exact) mass is 276 g/mol. The standard InChI is InChI=1S/C12H12N4O4/c13-5-7-3-8(16(19)20)1-2-10(7)15-6-9(17)4-11(15)12(14)18/h1-3,9,11,17H,4,6H2,(H2,14,18)/t9-,11+/m0/s1. The Bertz CT molecular complexity index is 610. The number of hydrogen-bond acceptors (Lipinski definition) is 6. The van der Waals surface area contributed by atoms with E-state index >= 15 is 0 Å². The van der Waals surface area contributed by atoms with Crippen molar-refractivity contribution in [3.05, 3.63) is 33.9 Å². The van der Waals surface area contributed by atoms with E-state index in [0.717, 1.165) is 6.07 Å². The average Bonchev–Trinajstić information content (AvgIpc) is 2.80. The van der Waals surface area contributed by atoms with E-state index in [-0.39, 0.29) is 24.2 Å². The molecule has 0 spiro atoms. The minimum Gasteiger partial charge on any atom is -0.391 e. The second kappa shape index (κ2) is 5.14. The zero-order chi connectivity index (χ0) is 14.9. The highest BCUT2D eigenvalue weighted by molar-refractivity contribution is 5.85. The molecular formula is C12H12N4O4. The van der Waals surface area contributed by atoms with Gasteiger partial charge in [-0.05, 0) is 6.07 Å². The van der Waals surface area contributed by atoms with Gasteiger partial charge in [0.2, 0.25) is 5.91 Å². The van der Waals surface area contributed by atoms with E-state index < -0.39 is 23.0 Å². The first-order valence-electron chi connectivity index (χ1n) is 5.86. The molecule has 104 valence electrons. The van der Waals surface area contributed by atoms with Gasteiger partial charge in [0.1, 0.15) is 12.1 Å². The van der Waals surface area contributed by atoms with Gasteiger partial charge >= 0.3 is 0 Å². The Hall–Kier alpha value is -2.66. The van der Waals surface area contributed by atoms with E-state index in [1.807, 2.05) is 6.07 Å². The van der Waals surface area contributed by atoms with Crippen molar-refractivity contribution in [2.75, 3.05) is 11.4 Å². The smallest absolute Gasteiger partial charge is 0.270 e. The molecule has 1 fully saturated rings. The summed E-state index contributed by atoms with van der Waals surface area (Å²) in [4.78, 5) is 23.0. The van der Waals surface area contributed by atoms with Crippen LogP contribution in [0.1, 0.15) is 12.0 Å². The van der Waals surface area contributed by atoms with Gasteiger partial charge in [0, 0.05) is 25.1 Å². The van der Waals surface area contributed by atoms with Gasteiger partial charge in [-0.25, -0.2) is 0 Å². The second-order valence-corrected chi connectivity index (χ2v) is 4.53. The first kappa shape index (κ1) is 13.8. The quantitative estimate of drug-likeness (QED) is 0.584. The Balaban J connectivity index is 2.44. The van der Waals surface area contributed by atoms with Crippen molar-refractivity contribution in [1.82, 2.24) is 0 Å². The molecule has 0 aromatic heterocycles. The second-order valence-electron chi connectivity index (χ2n) is 4.53. The first-order chi connectivity index (χ1) is 9.43. The zero-order valence-electron chi connectivity index (χ0n) is 10.4. The molecule has 0 saturated carbocycles. The predicted molar refractivity (Wildman–Crippen MR) is 68.8 cm³/mol. The van der Waals surface area contributed by atoms with Gasteiger partial charge < -0.3 is 15.7 Å². The fourth-order valence-electron chi connectivity index (χ4n) is 2.33. The van der Waals surface area contributed by atoms with Crippen LogP contribution in [0.2, 0.25) is 0 Å². The molecule has 1 aromatic rings. The van der Waals surface area contributed by atoms with E-state index in [1.54, 1.807) is 0 Å². The highest BCUT2D eigenvalue weighted by atomic mass is 16.6. The summed E-state index contributed by atoms with van der Waals surface area (Å²) >= 11 is 0. The number of amides is 1. The van der Waals surface area contributed by atoms with E-state index in [4.69, 9.17) is 11.0 Å². The number of hydrogen-bond donors (Lipinski definition) is 2. The number of aliphatic hydroxyl groups is 1. The van der Waals surface area contributed by atoms with E-state index in [9.17, 15) is 20.0 Å². The Kier molecular flexibility index (Phi) is 3.54. The van der Waals surface area contributed by atoms with Crippen molar-refractivity contribution in [3.63, 3.8) is 0 Å². The Morgan fingerprint density at radius 3 is 2.85 bits per heavy atom. The third-order valence-corrected chi connectivity index (χ3v) is 3.23. The van der Waals surface area contributed by atoms with E-state index in [1.165, 1.54) is 17.0 Å². The molecule has 0 bridgehead atoms. The zero-order valence-corrected chi connectivity index (χ0v) is 10.4. The van der Waals surface area contributed by atoms with Crippen LogP contribution in [0.15, 0.2) is 18.2 Å². The summed E-state index contributed by atoms with van der Waals surface area (Å²) in [6.45, 7) is 0.153. The van der Waals surface area contributed by atoms with Crippen molar-refractivity contribution in [3.8, 4) is 6.07 Å². The van der Waals surface area contributed by atoms with Crippen molar-refractivity contribution in [2.45, 2.75) is 18.6 Å². The number of aliphatic hydroxyl groups excluding tert-OH is 1. The van der Waals surface area contributed by atoms with Gasteiger partial charge in [-0.2, -0.15) is 5.26 Å². The summed E-state index contributed by atoms with van der Waals surface area (Å²) in [5.41, 5.74) is 5.50. The number of nitrogens with two attached hydrogens (primary N) is 1. The fourth-order valence-corrected chi connectivity index (χ4v) is 2.33. The number of anilines is 1. The lowest BCUT2D eigenvalue weighted by molar-refractivity contribution is -0.384. The minimum absolute atomic E-state index is 0.0690. The van der Waals surface area contributed by atoms with Crippen LogP contribution in [0.3, 0.4) is 0 Å². The van der Waals surface area contributed by atoms with Crippen LogP contribution in [0.25, 0.3) is 0 Å². The summed E-state index contributed by atoms with van der Waals surface area (Å²) in [7, 11) is 0. The van der Waals surface area contributed by atoms with Crippen molar-refractivity contribution in [2.24, 2.45) is 5.73 Å². The molecule has 1 aliphatic heterocycles. The molecule has 0 aliphatic carbocycles. The van der Waals surface area contributed by atoms with Gasteiger partial charge in [0.05, 0.1) is 22.3 Å². The molecule has 8 heteroatoms. The third-order valence-electron chi connectivity index (χ3n) is 3.23. The lowest BCUT2D eigenvalue weighted by atomic mass is 10.1. The average molecular weight is 276 g/mol. The maximum Gasteiger partial charge on any atom is 0.270 e. The largest absolute Gasteiger partial charge is 0.391 e. The lowest BCUT2D eigenvalue weighted by Crippen LogP contribution is -2.40. The number of β-amino-alcohol motifs (C(OH)–C–C–N with tert-alkyl or cyclic N) is 1. The molecule has 1 saturated heterocycles. The number of non-ortho nitro benzene ring substituents is 1. The molecule has 1 amide bonds. The van der Waals surface area contributed by atoms with Crippen LogP contribution < -0.4 is 10.6 Å². The molecule has 20 heavy (non-hydrogen) atoms. The summed E-state index contributed by atoms with van der Waals surface area (Å²) in [5, 5.41) is 29.4. The highest BCUT2D eigenvalue weighted by Crippen LogP contribution is 2.30. The van der Waals surface area contributed by atoms with Crippen LogP contribution in [0, 0.1) is 21.4 Å². The van der Waals surface area contributed by atoms with Gasteiger partial charge in [0.15, 0.2) is 0 Å². The lowest BCUT2D eigenvalue weighted by Gasteiger charge is -2.24. The maximum atomic E-state index is 11.4. The van der Waals surface area contributed by atoms with Crippen LogP contribution >= 0.6 is 0 Å².